The maximum absolute atomic E-state index is 14.8. The standard InChI is InChI=1S/C54H73N15O11/c1-32(70)63-38(19-10-25-60-53(55)56)46(72)65-40-22-23-45(71)59-24-12-21-41(52(78)79)66-50(76)43(28-35-29-62-37-18-9-8-17-36(35)37)68-47(73)39(20-11-26-61-54(57)58)64-49(75)42(27-33-13-4-2-5-14-33)67-51(77)44(69-48(40)74)31-80-30-34-15-6-3-7-16-34/h2-9,13-18,29,38-44,62H,10-12,19-28,30-31H2,1H3,(H,59,71)(H,63,70)(H,64,75)(H,65,72)(H,66,76)(H,67,77)(H,68,73)(H,69,74)(H,78,79)(H4,55,56,60)(H4,57,58,61)/t38-,39-,40-,41?,42?,43-,44-/m0/s1. The minimum Gasteiger partial charge on any atom is -0.480 e. The molecule has 430 valence electrons. The Balaban J connectivity index is 1.55. The smallest absolute Gasteiger partial charge is 0.326 e. The van der Waals surface area contributed by atoms with E-state index in [9.17, 15) is 48.3 Å². The number of rotatable bonds is 20. The topological polar surface area (TPSA) is 424 Å². The Bertz CT molecular complexity index is 2800. The van der Waals surface area contributed by atoms with Crippen LogP contribution in [0, 0.1) is 0 Å². The molecule has 1 fully saturated rings. The number of carboxylic acids is 1. The first-order valence-corrected chi connectivity index (χ1v) is 26.3. The van der Waals surface area contributed by atoms with Gasteiger partial charge in [-0.2, -0.15) is 0 Å². The van der Waals surface area contributed by atoms with Gasteiger partial charge in [-0.3, -0.25) is 48.3 Å². The van der Waals surface area contributed by atoms with Crippen molar-refractivity contribution in [1.82, 2.24) is 47.5 Å². The van der Waals surface area contributed by atoms with Crippen LogP contribution in [0.2, 0.25) is 0 Å². The van der Waals surface area contributed by atoms with Crippen molar-refractivity contribution >= 4 is 76.0 Å². The van der Waals surface area contributed by atoms with Crippen molar-refractivity contribution in [1.29, 1.82) is 0 Å². The quantitative estimate of drug-likeness (QED) is 0.0271. The first kappa shape index (κ1) is 61.8. The molecule has 3 aromatic carbocycles. The third kappa shape index (κ3) is 21.0. The molecule has 4 aromatic rings. The molecule has 8 amide bonds. The van der Waals surface area contributed by atoms with Crippen LogP contribution in [0.3, 0.4) is 0 Å². The second-order valence-electron chi connectivity index (χ2n) is 19.1. The van der Waals surface area contributed by atoms with E-state index < -0.39 is 102 Å². The van der Waals surface area contributed by atoms with Gasteiger partial charge in [0.25, 0.3) is 0 Å². The number of para-hydroxylation sites is 1. The molecule has 26 nitrogen and oxygen atoms in total. The fourth-order valence-electron chi connectivity index (χ4n) is 8.69. The SMILES string of the molecule is CC(=O)N[C@@H](CCCN=C(N)N)C(=O)N[C@H]1CCC(=O)NCCCC(C(=O)O)NC(=O)[C@H](Cc2c[nH]c3ccccc23)NC(=O)[C@H](CCCN=C(N)N)NC(=O)C(Cc2ccccc2)NC(=O)[C@H](COCc2ccccc2)NC1=O. The zero-order valence-electron chi connectivity index (χ0n) is 44.5. The summed E-state index contributed by atoms with van der Waals surface area (Å²) in [5.41, 5.74) is 24.7. The number of guanidine groups is 2. The Labute approximate surface area is 462 Å². The molecule has 80 heavy (non-hydrogen) atoms. The van der Waals surface area contributed by atoms with Crippen LogP contribution in [0.1, 0.15) is 75.0 Å². The number of carboxylic acid groups (broad SMARTS) is 1. The number of nitrogens with one attached hydrogen (secondary N) is 9. The van der Waals surface area contributed by atoms with Gasteiger partial charge in [-0.1, -0.05) is 78.9 Å². The lowest BCUT2D eigenvalue weighted by atomic mass is 10.0. The molecule has 1 saturated heterocycles. The van der Waals surface area contributed by atoms with Gasteiger partial charge < -0.3 is 80.3 Å². The maximum atomic E-state index is 14.8. The minimum atomic E-state index is -1.57. The molecule has 26 heteroatoms. The van der Waals surface area contributed by atoms with E-state index in [-0.39, 0.29) is 102 Å². The molecule has 0 aliphatic carbocycles. The van der Waals surface area contributed by atoms with Crippen LogP contribution in [-0.4, -0.2) is 144 Å². The number of nitrogens with two attached hydrogens (primary N) is 4. The summed E-state index contributed by atoms with van der Waals surface area (Å²) in [6.45, 7) is 0.769. The van der Waals surface area contributed by atoms with Crippen LogP contribution in [0.5, 0.6) is 0 Å². The van der Waals surface area contributed by atoms with Crippen molar-refractivity contribution in [2.75, 3.05) is 26.2 Å². The van der Waals surface area contributed by atoms with E-state index in [0.29, 0.717) is 11.1 Å². The Morgan fingerprint density at radius 2 is 1.26 bits per heavy atom. The van der Waals surface area contributed by atoms with E-state index >= 15 is 0 Å². The average Bonchev–Trinajstić information content (AvgIpc) is 3.83. The summed E-state index contributed by atoms with van der Waals surface area (Å²) in [7, 11) is 0. The van der Waals surface area contributed by atoms with Gasteiger partial charge in [-0.05, 0) is 67.7 Å². The zero-order valence-corrected chi connectivity index (χ0v) is 44.5. The number of H-pyrrole nitrogens is 1. The molecule has 7 atom stereocenters. The highest BCUT2D eigenvalue weighted by atomic mass is 16.5. The minimum absolute atomic E-state index is 0.0177. The number of amides is 8. The summed E-state index contributed by atoms with van der Waals surface area (Å²) in [5, 5.41) is 32.3. The molecule has 5 rings (SSSR count). The molecule has 0 radical (unpaired) electrons. The van der Waals surface area contributed by atoms with Crippen molar-refractivity contribution in [3.05, 3.63) is 108 Å². The number of benzene rings is 3. The number of fused-ring (bicyclic) bond motifs is 1. The second kappa shape index (κ2) is 32.0. The molecule has 2 unspecified atom stereocenters. The van der Waals surface area contributed by atoms with Crippen LogP contribution in [0.15, 0.2) is 101 Å². The van der Waals surface area contributed by atoms with Gasteiger partial charge in [0.05, 0.1) is 13.2 Å². The molecule has 18 N–H and O–H groups in total. The number of hydrogen-bond acceptors (Lipinski definition) is 12. The Kier molecular flexibility index (Phi) is 24.7. The third-order valence-electron chi connectivity index (χ3n) is 12.8. The number of nitrogens with zero attached hydrogens (tertiary/aromatic N) is 2. The van der Waals surface area contributed by atoms with Gasteiger partial charge >= 0.3 is 5.97 Å². The van der Waals surface area contributed by atoms with Crippen LogP contribution in [0.4, 0.5) is 0 Å². The molecule has 1 aliphatic rings. The van der Waals surface area contributed by atoms with Gasteiger partial charge in [0.1, 0.15) is 42.3 Å². The van der Waals surface area contributed by atoms with Gasteiger partial charge in [0.15, 0.2) is 11.9 Å². The van der Waals surface area contributed by atoms with E-state index in [1.165, 1.54) is 6.92 Å². The normalized spacial score (nSPS) is 20.5. The van der Waals surface area contributed by atoms with E-state index in [2.05, 4.69) is 57.5 Å². The highest BCUT2D eigenvalue weighted by molar-refractivity contribution is 5.98. The summed E-state index contributed by atoms with van der Waals surface area (Å²) >= 11 is 0. The third-order valence-corrected chi connectivity index (χ3v) is 12.8. The predicted molar refractivity (Wildman–Crippen MR) is 296 cm³/mol. The second-order valence-corrected chi connectivity index (χ2v) is 19.1. The Morgan fingerprint density at radius 3 is 1.93 bits per heavy atom. The maximum Gasteiger partial charge on any atom is 0.326 e. The molecule has 1 aliphatic heterocycles. The summed E-state index contributed by atoms with van der Waals surface area (Å²) < 4.78 is 5.99. The first-order chi connectivity index (χ1) is 38.4. The van der Waals surface area contributed by atoms with Gasteiger partial charge in [0, 0.05) is 62.9 Å². The lowest BCUT2D eigenvalue weighted by Crippen LogP contribution is -2.61. The molecular formula is C54H73N15O11. The molecule has 0 saturated carbocycles. The van der Waals surface area contributed by atoms with E-state index in [1.807, 2.05) is 18.2 Å². The molecule has 1 aromatic heterocycles. The highest BCUT2D eigenvalue weighted by Gasteiger charge is 2.35. The zero-order chi connectivity index (χ0) is 58.0. The summed E-state index contributed by atoms with van der Waals surface area (Å²) in [5.74, 6) is -8.22. The van der Waals surface area contributed by atoms with Crippen LogP contribution < -0.4 is 65.5 Å². The largest absolute Gasteiger partial charge is 0.480 e. The highest BCUT2D eigenvalue weighted by Crippen LogP contribution is 2.20. The monoisotopic (exact) mass is 1110 g/mol. The Hall–Kier alpha value is -9.07. The summed E-state index contributed by atoms with van der Waals surface area (Å²) in [6, 6.07) is 14.7. The number of ether oxygens (including phenoxy) is 1. The number of aliphatic carboxylic acids is 1. The number of hydrogen-bond donors (Lipinski definition) is 14. The molecule has 0 bridgehead atoms. The Morgan fingerprint density at radius 1 is 0.688 bits per heavy atom. The number of carbonyl (C=O) groups excluding carboxylic acids is 8. The van der Waals surface area contributed by atoms with Gasteiger partial charge in [0.2, 0.25) is 47.3 Å². The number of aromatic nitrogens is 1. The summed E-state index contributed by atoms with van der Waals surface area (Å²) in [6.07, 6.45) is 0.833. The number of aromatic amines is 1. The van der Waals surface area contributed by atoms with Crippen molar-refractivity contribution in [2.45, 2.75) is 120 Å². The van der Waals surface area contributed by atoms with Gasteiger partial charge in [-0.25, -0.2) is 4.79 Å². The molecule has 2 heterocycles. The average molecular weight is 1110 g/mol. The fraction of sp³-hybridized carbons (Fsp3) is 0.426. The lowest BCUT2D eigenvalue weighted by Gasteiger charge is -2.28. The predicted octanol–water partition coefficient (Wildman–Crippen LogP) is -1.53. The number of carbonyl (C=O) groups is 9. The van der Waals surface area contributed by atoms with E-state index in [1.54, 1.807) is 72.9 Å². The summed E-state index contributed by atoms with van der Waals surface area (Å²) in [4.78, 5) is 136. The number of aliphatic imine (C=N–C) groups is 2. The van der Waals surface area contributed by atoms with Crippen LogP contribution >= 0.6 is 0 Å². The van der Waals surface area contributed by atoms with Gasteiger partial charge in [-0.15, -0.1) is 0 Å². The van der Waals surface area contributed by atoms with Crippen LogP contribution in [0.25, 0.3) is 10.9 Å². The van der Waals surface area contributed by atoms with Crippen molar-refractivity contribution < 1.29 is 53.0 Å². The lowest BCUT2D eigenvalue weighted by molar-refractivity contribution is -0.142. The van der Waals surface area contributed by atoms with E-state index in [4.69, 9.17) is 27.7 Å². The fourth-order valence-corrected chi connectivity index (χ4v) is 8.69. The van der Waals surface area contributed by atoms with Crippen molar-refractivity contribution in [2.24, 2.45) is 32.9 Å². The van der Waals surface area contributed by atoms with Crippen molar-refractivity contribution in [3.8, 4) is 0 Å². The molecule has 0 spiro atoms. The molecular weight excluding hydrogens is 1030 g/mol. The van der Waals surface area contributed by atoms with Crippen molar-refractivity contribution in [3.63, 3.8) is 0 Å². The van der Waals surface area contributed by atoms with E-state index in [0.717, 1.165) is 16.5 Å². The first-order valence-electron chi connectivity index (χ1n) is 26.3. The van der Waals surface area contributed by atoms with Crippen LogP contribution in [-0.2, 0) is 67.3 Å².